The Morgan fingerprint density at radius 1 is 0.850 bits per heavy atom. The zero-order chi connectivity index (χ0) is 14.3. The summed E-state index contributed by atoms with van der Waals surface area (Å²) in [4.78, 5) is 0. The minimum absolute atomic E-state index is 1.00. The van der Waals surface area contributed by atoms with Gasteiger partial charge in [0.15, 0.2) is 0 Å². The Kier molecular flexibility index (Phi) is 11.4. The van der Waals surface area contributed by atoms with E-state index in [9.17, 15) is 0 Å². The van der Waals surface area contributed by atoms with Gasteiger partial charge in [0.2, 0.25) is 0 Å². The van der Waals surface area contributed by atoms with Gasteiger partial charge in [0, 0.05) is 13.0 Å². The Hall–Kier alpha value is -0.760. The summed E-state index contributed by atoms with van der Waals surface area (Å²) in [5.74, 6) is 1.08. The van der Waals surface area contributed by atoms with Crippen LogP contribution in [-0.2, 0) is 6.42 Å². The SMILES string of the molecule is CCCCCCCCCCCCNCCc1ccco1. The molecule has 1 N–H and O–H groups in total. The first-order chi connectivity index (χ1) is 9.93. The van der Waals surface area contributed by atoms with E-state index in [0.717, 1.165) is 25.3 Å². The zero-order valence-electron chi connectivity index (χ0n) is 13.3. The normalized spacial score (nSPS) is 11.1. The first kappa shape index (κ1) is 17.3. The molecule has 0 aliphatic carbocycles. The summed E-state index contributed by atoms with van der Waals surface area (Å²) in [6, 6.07) is 4.00. The zero-order valence-corrected chi connectivity index (χ0v) is 13.3. The van der Waals surface area contributed by atoms with E-state index in [-0.39, 0.29) is 0 Å². The molecule has 2 nitrogen and oxygen atoms in total. The first-order valence-electron chi connectivity index (χ1n) is 8.66. The molecule has 0 aliphatic heterocycles. The van der Waals surface area contributed by atoms with Gasteiger partial charge < -0.3 is 9.73 Å². The summed E-state index contributed by atoms with van der Waals surface area (Å²) < 4.78 is 5.30. The van der Waals surface area contributed by atoms with Crippen LogP contribution in [0, 0.1) is 0 Å². The lowest BCUT2D eigenvalue weighted by Gasteiger charge is -2.04. The predicted molar refractivity (Wildman–Crippen MR) is 87.1 cm³/mol. The molecule has 1 rings (SSSR count). The largest absolute Gasteiger partial charge is 0.469 e. The molecule has 0 fully saturated rings. The molecule has 0 bridgehead atoms. The lowest BCUT2D eigenvalue weighted by Crippen LogP contribution is -2.18. The number of hydrogen-bond acceptors (Lipinski definition) is 2. The minimum Gasteiger partial charge on any atom is -0.469 e. The molecule has 1 aromatic heterocycles. The van der Waals surface area contributed by atoms with Crippen LogP contribution in [0.3, 0.4) is 0 Å². The fourth-order valence-electron chi connectivity index (χ4n) is 2.53. The van der Waals surface area contributed by atoms with Gasteiger partial charge in [-0.05, 0) is 25.1 Å². The Bertz CT molecular complexity index is 282. The lowest BCUT2D eigenvalue weighted by atomic mass is 10.1. The van der Waals surface area contributed by atoms with Crippen molar-refractivity contribution in [3.8, 4) is 0 Å². The Labute approximate surface area is 125 Å². The minimum atomic E-state index is 1.00. The van der Waals surface area contributed by atoms with Gasteiger partial charge in [0.25, 0.3) is 0 Å². The van der Waals surface area contributed by atoms with Crippen LogP contribution in [0.5, 0.6) is 0 Å². The van der Waals surface area contributed by atoms with E-state index < -0.39 is 0 Å². The molecule has 20 heavy (non-hydrogen) atoms. The average molecular weight is 279 g/mol. The maximum Gasteiger partial charge on any atom is 0.105 e. The monoisotopic (exact) mass is 279 g/mol. The number of rotatable bonds is 14. The maximum absolute atomic E-state index is 5.30. The average Bonchev–Trinajstić information content (AvgIpc) is 2.97. The van der Waals surface area contributed by atoms with Crippen molar-refractivity contribution in [2.45, 2.75) is 77.6 Å². The van der Waals surface area contributed by atoms with E-state index in [1.165, 1.54) is 64.2 Å². The third-order valence-corrected chi connectivity index (χ3v) is 3.84. The van der Waals surface area contributed by atoms with Gasteiger partial charge in [-0.25, -0.2) is 0 Å². The van der Waals surface area contributed by atoms with Crippen LogP contribution < -0.4 is 5.32 Å². The molecule has 0 radical (unpaired) electrons. The highest BCUT2D eigenvalue weighted by molar-refractivity contribution is 4.98. The quantitative estimate of drug-likeness (QED) is 0.465. The second-order valence-corrected chi connectivity index (χ2v) is 5.76. The molecule has 116 valence electrons. The van der Waals surface area contributed by atoms with Crippen molar-refractivity contribution in [2.75, 3.05) is 13.1 Å². The molecule has 0 aromatic carbocycles. The molecule has 2 heteroatoms. The third kappa shape index (κ3) is 10.1. The van der Waals surface area contributed by atoms with E-state index >= 15 is 0 Å². The van der Waals surface area contributed by atoms with Gasteiger partial charge in [-0.2, -0.15) is 0 Å². The molecule has 0 saturated carbocycles. The molecule has 0 aliphatic rings. The van der Waals surface area contributed by atoms with Gasteiger partial charge in [-0.15, -0.1) is 0 Å². The van der Waals surface area contributed by atoms with Gasteiger partial charge >= 0.3 is 0 Å². The fraction of sp³-hybridized carbons (Fsp3) is 0.778. The van der Waals surface area contributed by atoms with E-state index in [0.29, 0.717) is 0 Å². The highest BCUT2D eigenvalue weighted by atomic mass is 16.3. The Balaban J connectivity index is 1.70. The molecule has 0 unspecified atom stereocenters. The second-order valence-electron chi connectivity index (χ2n) is 5.76. The standard InChI is InChI=1S/C18H33NO/c1-2-3-4-5-6-7-8-9-10-11-15-19-16-14-18-13-12-17-20-18/h12-13,17,19H,2-11,14-16H2,1H3. The van der Waals surface area contributed by atoms with Crippen molar-refractivity contribution in [1.29, 1.82) is 0 Å². The smallest absolute Gasteiger partial charge is 0.105 e. The van der Waals surface area contributed by atoms with Crippen LogP contribution in [-0.4, -0.2) is 13.1 Å². The van der Waals surface area contributed by atoms with Crippen LogP contribution in [0.1, 0.15) is 76.9 Å². The Morgan fingerprint density at radius 2 is 1.50 bits per heavy atom. The van der Waals surface area contributed by atoms with Gasteiger partial charge in [-0.3, -0.25) is 0 Å². The summed E-state index contributed by atoms with van der Waals surface area (Å²) in [7, 11) is 0. The van der Waals surface area contributed by atoms with Crippen molar-refractivity contribution in [3.05, 3.63) is 24.2 Å². The van der Waals surface area contributed by atoms with Crippen molar-refractivity contribution in [3.63, 3.8) is 0 Å². The number of hydrogen-bond donors (Lipinski definition) is 1. The highest BCUT2D eigenvalue weighted by Crippen LogP contribution is 2.10. The molecular weight excluding hydrogens is 246 g/mol. The summed E-state index contributed by atoms with van der Waals surface area (Å²) in [6.45, 7) is 4.46. The first-order valence-corrected chi connectivity index (χ1v) is 8.66. The maximum atomic E-state index is 5.30. The lowest BCUT2D eigenvalue weighted by molar-refractivity contribution is 0.494. The third-order valence-electron chi connectivity index (χ3n) is 3.84. The van der Waals surface area contributed by atoms with E-state index in [2.05, 4.69) is 12.2 Å². The molecule has 0 atom stereocenters. The summed E-state index contributed by atoms with van der Waals surface area (Å²) in [6.07, 6.45) is 16.8. The van der Waals surface area contributed by atoms with E-state index in [1.54, 1.807) is 6.26 Å². The summed E-state index contributed by atoms with van der Waals surface area (Å²) in [5.41, 5.74) is 0. The van der Waals surface area contributed by atoms with Gasteiger partial charge in [0.05, 0.1) is 6.26 Å². The van der Waals surface area contributed by atoms with Gasteiger partial charge in [0.1, 0.15) is 5.76 Å². The van der Waals surface area contributed by atoms with Crippen molar-refractivity contribution in [1.82, 2.24) is 5.32 Å². The number of nitrogens with one attached hydrogen (secondary N) is 1. The van der Waals surface area contributed by atoms with Crippen molar-refractivity contribution < 1.29 is 4.42 Å². The number of unbranched alkanes of at least 4 members (excludes halogenated alkanes) is 9. The van der Waals surface area contributed by atoms with Gasteiger partial charge in [-0.1, -0.05) is 64.7 Å². The van der Waals surface area contributed by atoms with Crippen LogP contribution >= 0.6 is 0 Å². The molecule has 1 heterocycles. The van der Waals surface area contributed by atoms with Crippen molar-refractivity contribution in [2.24, 2.45) is 0 Å². The van der Waals surface area contributed by atoms with Crippen LogP contribution in [0.25, 0.3) is 0 Å². The second kappa shape index (κ2) is 13.2. The molecule has 1 aromatic rings. The van der Waals surface area contributed by atoms with Crippen LogP contribution in [0.15, 0.2) is 22.8 Å². The Morgan fingerprint density at radius 3 is 2.10 bits per heavy atom. The predicted octanol–water partition coefficient (Wildman–Crippen LogP) is 5.33. The van der Waals surface area contributed by atoms with Crippen LogP contribution in [0.2, 0.25) is 0 Å². The molecule has 0 saturated heterocycles. The van der Waals surface area contributed by atoms with Crippen LogP contribution in [0.4, 0.5) is 0 Å². The van der Waals surface area contributed by atoms with Crippen molar-refractivity contribution >= 4 is 0 Å². The molecular formula is C18H33NO. The fourth-order valence-corrected chi connectivity index (χ4v) is 2.53. The molecule has 0 amide bonds. The molecule has 0 spiro atoms. The van der Waals surface area contributed by atoms with E-state index in [1.807, 2.05) is 12.1 Å². The number of furan rings is 1. The topological polar surface area (TPSA) is 25.2 Å². The highest BCUT2D eigenvalue weighted by Gasteiger charge is 1.95. The van der Waals surface area contributed by atoms with E-state index in [4.69, 9.17) is 4.42 Å². The summed E-state index contributed by atoms with van der Waals surface area (Å²) >= 11 is 0. The summed E-state index contributed by atoms with van der Waals surface area (Å²) in [5, 5.41) is 3.49.